The zero-order chi connectivity index (χ0) is 21.5. The Hall–Kier alpha value is -3.13. The van der Waals surface area contributed by atoms with E-state index < -0.39 is 11.7 Å². The van der Waals surface area contributed by atoms with Gasteiger partial charge in [-0.05, 0) is 36.8 Å². The second-order valence-electron chi connectivity index (χ2n) is 7.00. The summed E-state index contributed by atoms with van der Waals surface area (Å²) >= 11 is 0. The largest absolute Gasteiger partial charge is 0.454 e. The van der Waals surface area contributed by atoms with E-state index in [-0.39, 0.29) is 37.3 Å². The zero-order valence-electron chi connectivity index (χ0n) is 17.0. The lowest BCUT2D eigenvalue weighted by Crippen LogP contribution is -2.42. The van der Waals surface area contributed by atoms with Crippen molar-refractivity contribution >= 4 is 11.8 Å². The van der Waals surface area contributed by atoms with Crippen molar-refractivity contribution in [3.63, 3.8) is 0 Å². The molecule has 1 heterocycles. The van der Waals surface area contributed by atoms with Crippen LogP contribution in [0.4, 0.5) is 4.39 Å². The number of rotatable bonds is 9. The van der Waals surface area contributed by atoms with Crippen molar-refractivity contribution in [3.05, 3.63) is 59.4 Å². The molecule has 1 atom stereocenters. The third-order valence-electron chi connectivity index (χ3n) is 4.79. The molecule has 2 aromatic rings. The van der Waals surface area contributed by atoms with Crippen LogP contribution in [0.1, 0.15) is 29.3 Å². The van der Waals surface area contributed by atoms with Crippen LogP contribution in [0.2, 0.25) is 0 Å². The third kappa shape index (κ3) is 5.27. The Morgan fingerprint density at radius 3 is 2.73 bits per heavy atom. The number of fused-ring (bicyclic) bond motifs is 1. The van der Waals surface area contributed by atoms with Gasteiger partial charge >= 0.3 is 0 Å². The molecule has 160 valence electrons. The van der Waals surface area contributed by atoms with Crippen molar-refractivity contribution in [2.45, 2.75) is 25.9 Å². The molecule has 1 N–H and O–H groups in total. The van der Waals surface area contributed by atoms with E-state index in [0.717, 1.165) is 5.56 Å². The highest BCUT2D eigenvalue weighted by Crippen LogP contribution is 2.33. The molecule has 0 saturated carbocycles. The molecule has 3 rings (SSSR count). The Kier molecular flexibility index (Phi) is 7.24. The predicted molar refractivity (Wildman–Crippen MR) is 108 cm³/mol. The molecule has 0 radical (unpaired) electrons. The quantitative estimate of drug-likeness (QED) is 0.680. The molecule has 7 nitrogen and oxygen atoms in total. The number of benzene rings is 2. The molecule has 1 aliphatic rings. The average molecular weight is 416 g/mol. The number of hydrogen-bond acceptors (Lipinski definition) is 5. The summed E-state index contributed by atoms with van der Waals surface area (Å²) < 4.78 is 29.6. The third-order valence-corrected chi connectivity index (χ3v) is 4.79. The van der Waals surface area contributed by atoms with Crippen molar-refractivity contribution in [1.82, 2.24) is 10.2 Å². The zero-order valence-corrected chi connectivity index (χ0v) is 17.0. The highest BCUT2D eigenvalue weighted by molar-refractivity contribution is 5.94. The van der Waals surface area contributed by atoms with E-state index in [0.29, 0.717) is 24.7 Å². The first-order chi connectivity index (χ1) is 14.5. The summed E-state index contributed by atoms with van der Waals surface area (Å²) in [6, 6.07) is 11.1. The number of halogens is 1. The normalized spacial score (nSPS) is 13.0. The topological polar surface area (TPSA) is 77.1 Å². The maximum absolute atomic E-state index is 13.7. The number of ether oxygens (including phenoxy) is 3. The molecular weight excluding hydrogens is 391 g/mol. The van der Waals surface area contributed by atoms with E-state index in [1.165, 1.54) is 18.2 Å². The van der Waals surface area contributed by atoms with Crippen molar-refractivity contribution in [2.75, 3.05) is 27.1 Å². The van der Waals surface area contributed by atoms with E-state index >= 15 is 0 Å². The van der Waals surface area contributed by atoms with Crippen LogP contribution in [-0.2, 0) is 16.1 Å². The van der Waals surface area contributed by atoms with E-state index in [2.05, 4.69) is 5.32 Å². The average Bonchev–Trinajstić information content (AvgIpc) is 3.20. The minimum absolute atomic E-state index is 0.0464. The van der Waals surface area contributed by atoms with Crippen LogP contribution in [0.3, 0.4) is 0 Å². The number of nitrogens with zero attached hydrogens (tertiary/aromatic N) is 1. The van der Waals surface area contributed by atoms with E-state index in [4.69, 9.17) is 14.2 Å². The van der Waals surface area contributed by atoms with Gasteiger partial charge in [0.1, 0.15) is 5.82 Å². The van der Waals surface area contributed by atoms with Crippen LogP contribution < -0.4 is 14.8 Å². The number of hydrogen-bond donors (Lipinski definition) is 1. The molecule has 30 heavy (non-hydrogen) atoms. The minimum atomic E-state index is -0.598. The van der Waals surface area contributed by atoms with Gasteiger partial charge < -0.3 is 24.4 Å². The Morgan fingerprint density at radius 1 is 1.20 bits per heavy atom. The highest BCUT2D eigenvalue weighted by atomic mass is 19.1. The summed E-state index contributed by atoms with van der Waals surface area (Å²) in [7, 11) is 1.58. The number of methoxy groups -OCH3 is 1. The molecule has 1 aliphatic heterocycles. The van der Waals surface area contributed by atoms with E-state index in [1.54, 1.807) is 18.1 Å². The standard InChI is InChI=1S/C22H25FN2O5/c1-15(13-28-2)25(12-16-7-8-19-20(11-16)30-14-29-19)21(26)9-10-24-22(27)17-5-3-4-6-18(17)23/h3-8,11,15H,9-10,12-14H2,1-2H3,(H,24,27)/t15-/m1/s1. The van der Waals surface area contributed by atoms with Gasteiger partial charge in [0.15, 0.2) is 11.5 Å². The lowest BCUT2D eigenvalue weighted by molar-refractivity contribution is -0.134. The van der Waals surface area contributed by atoms with Crippen LogP contribution >= 0.6 is 0 Å². The molecule has 0 fully saturated rings. The summed E-state index contributed by atoms with van der Waals surface area (Å²) in [5, 5.41) is 2.60. The maximum atomic E-state index is 13.7. The molecule has 8 heteroatoms. The number of carbonyl (C=O) groups is 2. The summed E-state index contributed by atoms with van der Waals surface area (Å²) in [4.78, 5) is 26.7. The molecule has 0 spiro atoms. The molecule has 0 aliphatic carbocycles. The van der Waals surface area contributed by atoms with Gasteiger partial charge in [0, 0.05) is 26.6 Å². The van der Waals surface area contributed by atoms with Crippen LogP contribution in [-0.4, -0.2) is 49.8 Å². The summed E-state index contributed by atoms with van der Waals surface area (Å²) in [5.41, 5.74) is 0.848. The fourth-order valence-corrected chi connectivity index (χ4v) is 3.22. The first kappa shape index (κ1) is 21.6. The summed E-state index contributed by atoms with van der Waals surface area (Å²) in [5.74, 6) is 0.0348. The van der Waals surface area contributed by atoms with Crippen molar-refractivity contribution in [3.8, 4) is 11.5 Å². The lowest BCUT2D eigenvalue weighted by Gasteiger charge is -2.29. The second kappa shape index (κ2) is 10.1. The van der Waals surface area contributed by atoms with Crippen LogP contribution in [0.5, 0.6) is 11.5 Å². The van der Waals surface area contributed by atoms with Gasteiger partial charge in [0.05, 0.1) is 18.2 Å². The SMILES string of the molecule is COC[C@@H](C)N(Cc1ccc2c(c1)OCO2)C(=O)CCNC(=O)c1ccccc1F. The highest BCUT2D eigenvalue weighted by Gasteiger charge is 2.22. The van der Waals surface area contributed by atoms with Gasteiger partial charge in [-0.3, -0.25) is 9.59 Å². The maximum Gasteiger partial charge on any atom is 0.254 e. The Labute approximate surface area is 174 Å². The van der Waals surface area contributed by atoms with Crippen molar-refractivity contribution < 1.29 is 28.2 Å². The molecule has 0 aromatic heterocycles. The monoisotopic (exact) mass is 416 g/mol. The summed E-state index contributed by atoms with van der Waals surface area (Å²) in [6.45, 7) is 2.91. The van der Waals surface area contributed by atoms with Crippen LogP contribution in [0, 0.1) is 5.82 Å². The fraction of sp³-hybridized carbons (Fsp3) is 0.364. The van der Waals surface area contributed by atoms with Crippen molar-refractivity contribution in [1.29, 1.82) is 0 Å². The van der Waals surface area contributed by atoms with Crippen LogP contribution in [0.25, 0.3) is 0 Å². The number of amides is 2. The minimum Gasteiger partial charge on any atom is -0.454 e. The number of carbonyl (C=O) groups excluding carboxylic acids is 2. The van der Waals surface area contributed by atoms with Gasteiger partial charge in [0.2, 0.25) is 12.7 Å². The van der Waals surface area contributed by atoms with Gasteiger partial charge in [-0.25, -0.2) is 4.39 Å². The molecular formula is C22H25FN2O5. The Balaban J connectivity index is 1.61. The number of nitrogens with one attached hydrogen (secondary N) is 1. The molecule has 0 unspecified atom stereocenters. The van der Waals surface area contributed by atoms with Gasteiger partial charge in [-0.15, -0.1) is 0 Å². The van der Waals surface area contributed by atoms with E-state index in [1.807, 2.05) is 25.1 Å². The van der Waals surface area contributed by atoms with Crippen LogP contribution in [0.15, 0.2) is 42.5 Å². The van der Waals surface area contributed by atoms with Gasteiger partial charge in [-0.1, -0.05) is 18.2 Å². The Morgan fingerprint density at radius 2 is 1.97 bits per heavy atom. The van der Waals surface area contributed by atoms with Gasteiger partial charge in [-0.2, -0.15) is 0 Å². The molecule has 2 amide bonds. The Bertz CT molecular complexity index is 905. The molecule has 0 saturated heterocycles. The molecule has 2 aromatic carbocycles. The van der Waals surface area contributed by atoms with E-state index in [9.17, 15) is 14.0 Å². The van der Waals surface area contributed by atoms with Crippen molar-refractivity contribution in [2.24, 2.45) is 0 Å². The fourth-order valence-electron chi connectivity index (χ4n) is 3.22. The molecule has 0 bridgehead atoms. The first-order valence-corrected chi connectivity index (χ1v) is 9.69. The summed E-state index contributed by atoms with van der Waals surface area (Å²) in [6.07, 6.45) is 0.0821. The van der Waals surface area contributed by atoms with Gasteiger partial charge in [0.25, 0.3) is 5.91 Å². The predicted octanol–water partition coefficient (Wildman–Crippen LogP) is 2.74. The second-order valence-corrected chi connectivity index (χ2v) is 7.00. The first-order valence-electron chi connectivity index (χ1n) is 9.69. The lowest BCUT2D eigenvalue weighted by atomic mass is 10.1. The smallest absolute Gasteiger partial charge is 0.254 e.